The van der Waals surface area contributed by atoms with Crippen LogP contribution >= 0.6 is 0 Å². The lowest BCUT2D eigenvalue weighted by atomic mass is 10.1. The number of piperazine rings is 1. The average Bonchev–Trinajstić information content (AvgIpc) is 2.53. The van der Waals surface area contributed by atoms with Gasteiger partial charge in [-0.3, -0.25) is 0 Å². The van der Waals surface area contributed by atoms with Gasteiger partial charge in [-0.25, -0.2) is 19.9 Å². The number of aryl methyl sites for hydroxylation is 4. The Labute approximate surface area is 144 Å². The van der Waals surface area contributed by atoms with Crippen molar-refractivity contribution in [3.05, 3.63) is 34.5 Å². The first-order valence-corrected chi connectivity index (χ1v) is 8.64. The molecule has 0 radical (unpaired) electrons. The monoisotopic (exact) mass is 326 g/mol. The first-order valence-electron chi connectivity index (χ1n) is 8.64. The van der Waals surface area contributed by atoms with Gasteiger partial charge in [0.05, 0.1) is 0 Å². The van der Waals surface area contributed by atoms with Crippen LogP contribution < -0.4 is 9.80 Å². The number of hydrogen-bond acceptors (Lipinski definition) is 6. The molecular weight excluding hydrogens is 300 g/mol. The van der Waals surface area contributed by atoms with Gasteiger partial charge in [0.2, 0.25) is 5.95 Å². The van der Waals surface area contributed by atoms with Crippen LogP contribution in [0.1, 0.15) is 35.4 Å². The summed E-state index contributed by atoms with van der Waals surface area (Å²) >= 11 is 0. The van der Waals surface area contributed by atoms with Gasteiger partial charge >= 0.3 is 0 Å². The molecule has 0 unspecified atom stereocenters. The van der Waals surface area contributed by atoms with Crippen LogP contribution in [0.15, 0.2) is 6.07 Å². The van der Waals surface area contributed by atoms with Crippen molar-refractivity contribution in [3.63, 3.8) is 0 Å². The van der Waals surface area contributed by atoms with Crippen molar-refractivity contribution < 1.29 is 0 Å². The molecule has 3 rings (SSSR count). The van der Waals surface area contributed by atoms with Crippen molar-refractivity contribution in [1.29, 1.82) is 0 Å². The normalized spacial score (nSPS) is 15.0. The third-order valence-electron chi connectivity index (χ3n) is 4.49. The zero-order valence-electron chi connectivity index (χ0n) is 15.3. The SMILES string of the molecule is CCc1c(C)nc(C)nc1N1CCN(c2nc(C)cc(C)n2)CC1. The van der Waals surface area contributed by atoms with Gasteiger partial charge in [0.15, 0.2) is 0 Å². The van der Waals surface area contributed by atoms with Gasteiger partial charge in [-0.15, -0.1) is 0 Å². The van der Waals surface area contributed by atoms with E-state index in [-0.39, 0.29) is 0 Å². The molecule has 0 atom stereocenters. The molecule has 0 amide bonds. The number of aromatic nitrogens is 4. The summed E-state index contributed by atoms with van der Waals surface area (Å²) in [4.78, 5) is 23.1. The van der Waals surface area contributed by atoms with Crippen molar-refractivity contribution in [2.75, 3.05) is 36.0 Å². The number of nitrogens with zero attached hydrogens (tertiary/aromatic N) is 6. The minimum Gasteiger partial charge on any atom is -0.353 e. The third kappa shape index (κ3) is 3.32. The molecule has 6 heteroatoms. The fraction of sp³-hybridized carbons (Fsp3) is 0.556. The molecule has 0 bridgehead atoms. The van der Waals surface area contributed by atoms with E-state index in [1.807, 2.05) is 26.8 Å². The Morgan fingerprint density at radius 3 is 2.00 bits per heavy atom. The molecule has 2 aromatic rings. The molecule has 0 aromatic carbocycles. The van der Waals surface area contributed by atoms with Crippen LogP contribution in [-0.2, 0) is 6.42 Å². The molecule has 1 fully saturated rings. The number of rotatable bonds is 3. The van der Waals surface area contributed by atoms with Crippen LogP contribution in [-0.4, -0.2) is 46.1 Å². The molecular formula is C18H26N6. The van der Waals surface area contributed by atoms with E-state index in [0.717, 1.165) is 67.3 Å². The van der Waals surface area contributed by atoms with Gasteiger partial charge in [0, 0.05) is 48.8 Å². The highest BCUT2D eigenvalue weighted by molar-refractivity contribution is 5.51. The fourth-order valence-corrected chi connectivity index (χ4v) is 3.36. The molecule has 0 spiro atoms. The molecule has 3 heterocycles. The van der Waals surface area contributed by atoms with Crippen LogP contribution in [0.5, 0.6) is 0 Å². The van der Waals surface area contributed by atoms with Crippen LogP contribution in [0.2, 0.25) is 0 Å². The summed E-state index contributed by atoms with van der Waals surface area (Å²) in [6.07, 6.45) is 0.960. The van der Waals surface area contributed by atoms with Crippen LogP contribution in [0.25, 0.3) is 0 Å². The standard InChI is InChI=1S/C18H26N6/c1-6-16-14(4)21-15(5)22-17(16)23-7-9-24(10-8-23)18-19-12(2)11-13(3)20-18/h11H,6-10H2,1-5H3. The van der Waals surface area contributed by atoms with E-state index in [0.29, 0.717) is 0 Å². The second kappa shape index (κ2) is 6.71. The number of hydrogen-bond donors (Lipinski definition) is 0. The van der Waals surface area contributed by atoms with Gasteiger partial charge in [-0.2, -0.15) is 0 Å². The predicted octanol–water partition coefficient (Wildman–Crippen LogP) is 2.39. The Balaban J connectivity index is 1.78. The van der Waals surface area contributed by atoms with E-state index >= 15 is 0 Å². The van der Waals surface area contributed by atoms with E-state index in [1.54, 1.807) is 0 Å². The van der Waals surface area contributed by atoms with Crippen LogP contribution in [0.3, 0.4) is 0 Å². The molecule has 0 saturated carbocycles. The highest BCUT2D eigenvalue weighted by atomic mass is 15.3. The Morgan fingerprint density at radius 1 is 0.833 bits per heavy atom. The zero-order valence-corrected chi connectivity index (χ0v) is 15.3. The average molecular weight is 326 g/mol. The summed E-state index contributed by atoms with van der Waals surface area (Å²) in [6, 6.07) is 2.01. The van der Waals surface area contributed by atoms with Crippen molar-refractivity contribution in [2.45, 2.75) is 41.0 Å². The Kier molecular flexibility index (Phi) is 4.64. The zero-order chi connectivity index (χ0) is 17.3. The first kappa shape index (κ1) is 16.6. The van der Waals surface area contributed by atoms with Gasteiger partial charge in [-0.1, -0.05) is 6.92 Å². The quantitative estimate of drug-likeness (QED) is 0.863. The molecule has 1 aliphatic rings. The Morgan fingerprint density at radius 2 is 1.42 bits per heavy atom. The lowest BCUT2D eigenvalue weighted by molar-refractivity contribution is 0.628. The maximum absolute atomic E-state index is 4.72. The van der Waals surface area contributed by atoms with Gasteiger partial charge in [-0.05, 0) is 40.2 Å². The molecule has 128 valence electrons. The van der Waals surface area contributed by atoms with Gasteiger partial charge in [0.25, 0.3) is 0 Å². The first-order chi connectivity index (χ1) is 11.5. The molecule has 6 nitrogen and oxygen atoms in total. The molecule has 1 aliphatic heterocycles. The third-order valence-corrected chi connectivity index (χ3v) is 4.49. The van der Waals surface area contributed by atoms with Crippen molar-refractivity contribution in [2.24, 2.45) is 0 Å². The molecule has 0 aliphatic carbocycles. The summed E-state index contributed by atoms with van der Waals surface area (Å²) in [5.41, 5.74) is 4.40. The summed E-state index contributed by atoms with van der Waals surface area (Å²) in [5.74, 6) is 2.79. The molecule has 1 saturated heterocycles. The predicted molar refractivity (Wildman–Crippen MR) is 96.8 cm³/mol. The highest BCUT2D eigenvalue weighted by Crippen LogP contribution is 2.23. The highest BCUT2D eigenvalue weighted by Gasteiger charge is 2.23. The molecule has 24 heavy (non-hydrogen) atoms. The smallest absolute Gasteiger partial charge is 0.225 e. The number of anilines is 2. The van der Waals surface area contributed by atoms with Gasteiger partial charge in [0.1, 0.15) is 11.6 Å². The van der Waals surface area contributed by atoms with Crippen molar-refractivity contribution in [3.8, 4) is 0 Å². The van der Waals surface area contributed by atoms with Crippen molar-refractivity contribution >= 4 is 11.8 Å². The minimum absolute atomic E-state index is 0.845. The van der Waals surface area contributed by atoms with E-state index in [9.17, 15) is 0 Å². The summed E-state index contributed by atoms with van der Waals surface area (Å²) in [7, 11) is 0. The summed E-state index contributed by atoms with van der Waals surface area (Å²) in [6.45, 7) is 13.9. The van der Waals surface area contributed by atoms with Crippen LogP contribution in [0.4, 0.5) is 11.8 Å². The molecule has 0 N–H and O–H groups in total. The molecule has 2 aromatic heterocycles. The van der Waals surface area contributed by atoms with Crippen LogP contribution in [0, 0.1) is 27.7 Å². The maximum atomic E-state index is 4.72. The lowest BCUT2D eigenvalue weighted by Crippen LogP contribution is -2.48. The Hall–Kier alpha value is -2.24. The van der Waals surface area contributed by atoms with E-state index in [1.165, 1.54) is 5.56 Å². The largest absolute Gasteiger partial charge is 0.353 e. The second-order valence-corrected chi connectivity index (χ2v) is 6.44. The summed E-state index contributed by atoms with van der Waals surface area (Å²) in [5, 5.41) is 0. The van der Waals surface area contributed by atoms with E-state index in [2.05, 4.69) is 38.6 Å². The van der Waals surface area contributed by atoms with Gasteiger partial charge < -0.3 is 9.80 Å². The minimum atomic E-state index is 0.845. The topological polar surface area (TPSA) is 58.0 Å². The second-order valence-electron chi connectivity index (χ2n) is 6.44. The van der Waals surface area contributed by atoms with E-state index in [4.69, 9.17) is 4.98 Å². The van der Waals surface area contributed by atoms with Crippen molar-refractivity contribution in [1.82, 2.24) is 19.9 Å². The van der Waals surface area contributed by atoms with E-state index < -0.39 is 0 Å². The maximum Gasteiger partial charge on any atom is 0.225 e. The summed E-state index contributed by atoms with van der Waals surface area (Å²) < 4.78 is 0. The fourth-order valence-electron chi connectivity index (χ4n) is 3.36. The Bertz CT molecular complexity index is 714. The lowest BCUT2D eigenvalue weighted by Gasteiger charge is -2.36.